The van der Waals surface area contributed by atoms with E-state index in [1.807, 2.05) is 19.1 Å². The van der Waals surface area contributed by atoms with E-state index < -0.39 is 28.0 Å². The second-order valence-electron chi connectivity index (χ2n) is 6.46. The van der Waals surface area contributed by atoms with Crippen LogP contribution < -0.4 is 10.0 Å². The number of para-hydroxylation sites is 1. The van der Waals surface area contributed by atoms with Crippen molar-refractivity contribution in [3.63, 3.8) is 0 Å². The van der Waals surface area contributed by atoms with Crippen LogP contribution in [0.1, 0.15) is 29.8 Å². The van der Waals surface area contributed by atoms with Gasteiger partial charge in [-0.1, -0.05) is 24.3 Å². The first kappa shape index (κ1) is 18.9. The first-order valence-electron chi connectivity index (χ1n) is 8.44. The average Bonchev–Trinajstić information content (AvgIpc) is 2.98. The molecule has 8 heteroatoms. The summed E-state index contributed by atoms with van der Waals surface area (Å²) in [4.78, 5) is 23.2. The monoisotopic (exact) mass is 388 g/mol. The maximum Gasteiger partial charge on any atom is 0.338 e. The Morgan fingerprint density at radius 3 is 2.59 bits per heavy atom. The predicted molar refractivity (Wildman–Crippen MR) is 99.8 cm³/mol. The maximum atomic E-state index is 13.2. The van der Waals surface area contributed by atoms with Crippen molar-refractivity contribution in [1.29, 1.82) is 0 Å². The molecular weight excluding hydrogens is 368 g/mol. The fourth-order valence-corrected chi connectivity index (χ4v) is 4.83. The molecule has 0 radical (unpaired) electrons. The van der Waals surface area contributed by atoms with Crippen molar-refractivity contribution in [3.05, 3.63) is 59.7 Å². The highest BCUT2D eigenvalue weighted by molar-refractivity contribution is 7.92. The molecule has 3 rings (SSSR count). The summed E-state index contributed by atoms with van der Waals surface area (Å²) in [7, 11) is -3.87. The fraction of sp³-hybridized carbons (Fsp3) is 0.263. The second-order valence-corrected chi connectivity index (χ2v) is 8.28. The van der Waals surface area contributed by atoms with Crippen LogP contribution in [0.15, 0.2) is 53.4 Å². The summed E-state index contributed by atoms with van der Waals surface area (Å²) in [6.07, 6.45) is -0.490. The standard InChI is InChI=1S/C19H20N2O5S/c1-12-10-14-6-3-4-9-17(14)21(12)27(24,25)16-8-5-7-15(11-16)19(23)26-13(2)18(20)22/h3-9,11-13H,10H2,1-2H3,(H2,20,22)/t12-,13-/m0/s1. The van der Waals surface area contributed by atoms with E-state index in [4.69, 9.17) is 10.5 Å². The Kier molecular flexibility index (Phi) is 4.93. The van der Waals surface area contributed by atoms with Crippen molar-refractivity contribution in [2.24, 2.45) is 5.73 Å². The Bertz CT molecular complexity index is 1000. The summed E-state index contributed by atoms with van der Waals surface area (Å²) in [6.45, 7) is 3.19. The Hall–Kier alpha value is -2.87. The van der Waals surface area contributed by atoms with Gasteiger partial charge in [0.25, 0.3) is 15.9 Å². The van der Waals surface area contributed by atoms with E-state index >= 15 is 0 Å². The summed E-state index contributed by atoms with van der Waals surface area (Å²) in [5.41, 5.74) is 6.71. The van der Waals surface area contributed by atoms with E-state index in [-0.39, 0.29) is 16.5 Å². The van der Waals surface area contributed by atoms with E-state index in [1.165, 1.54) is 35.5 Å². The molecule has 0 saturated carbocycles. The number of primary amides is 1. The van der Waals surface area contributed by atoms with E-state index in [2.05, 4.69) is 0 Å². The van der Waals surface area contributed by atoms with Gasteiger partial charge in [-0.3, -0.25) is 9.10 Å². The van der Waals surface area contributed by atoms with E-state index in [0.717, 1.165) is 5.56 Å². The molecular formula is C19H20N2O5S. The minimum atomic E-state index is -3.87. The fourth-order valence-electron chi connectivity index (χ4n) is 3.09. The van der Waals surface area contributed by atoms with Gasteiger partial charge in [-0.25, -0.2) is 13.2 Å². The normalized spacial score (nSPS) is 17.3. The van der Waals surface area contributed by atoms with Crippen molar-refractivity contribution >= 4 is 27.6 Å². The topological polar surface area (TPSA) is 107 Å². The SMILES string of the molecule is C[C@H](OC(=O)c1cccc(S(=O)(=O)N2c3ccccc3C[C@@H]2C)c1)C(N)=O. The van der Waals surface area contributed by atoms with Crippen LogP contribution in [-0.2, 0) is 26.0 Å². The Labute approximate surface area is 157 Å². The van der Waals surface area contributed by atoms with E-state index in [9.17, 15) is 18.0 Å². The maximum absolute atomic E-state index is 13.2. The molecule has 0 saturated heterocycles. The quantitative estimate of drug-likeness (QED) is 0.787. The lowest BCUT2D eigenvalue weighted by atomic mass is 10.1. The molecule has 7 nitrogen and oxygen atoms in total. The summed E-state index contributed by atoms with van der Waals surface area (Å²) in [5, 5.41) is 0. The highest BCUT2D eigenvalue weighted by atomic mass is 32.2. The summed E-state index contributed by atoms with van der Waals surface area (Å²) >= 11 is 0. The number of sulfonamides is 1. The third-order valence-corrected chi connectivity index (χ3v) is 6.38. The lowest BCUT2D eigenvalue weighted by molar-refractivity contribution is -0.125. The molecule has 1 aliphatic heterocycles. The van der Waals surface area contributed by atoms with Gasteiger partial charge in [-0.05, 0) is 50.1 Å². The van der Waals surface area contributed by atoms with Crippen LogP contribution in [0.5, 0.6) is 0 Å². The summed E-state index contributed by atoms with van der Waals surface area (Å²) < 4.78 is 32.7. The van der Waals surface area contributed by atoms with Gasteiger partial charge in [0.2, 0.25) is 0 Å². The van der Waals surface area contributed by atoms with Gasteiger partial charge < -0.3 is 10.5 Å². The zero-order chi connectivity index (χ0) is 19.8. The first-order chi connectivity index (χ1) is 12.7. The van der Waals surface area contributed by atoms with Crippen LogP contribution in [0.4, 0.5) is 5.69 Å². The molecule has 2 N–H and O–H groups in total. The Balaban J connectivity index is 1.95. The minimum absolute atomic E-state index is 0.0211. The molecule has 0 fully saturated rings. The smallest absolute Gasteiger partial charge is 0.338 e. The molecule has 27 heavy (non-hydrogen) atoms. The molecule has 2 aromatic carbocycles. The van der Waals surface area contributed by atoms with Gasteiger partial charge in [0.05, 0.1) is 16.1 Å². The van der Waals surface area contributed by atoms with Gasteiger partial charge in [-0.2, -0.15) is 0 Å². The Morgan fingerprint density at radius 2 is 1.89 bits per heavy atom. The largest absolute Gasteiger partial charge is 0.449 e. The Morgan fingerprint density at radius 1 is 1.19 bits per heavy atom. The van der Waals surface area contributed by atoms with Gasteiger partial charge in [0.15, 0.2) is 6.10 Å². The first-order valence-corrected chi connectivity index (χ1v) is 9.88. The summed E-state index contributed by atoms with van der Waals surface area (Å²) in [5.74, 6) is -1.59. The van der Waals surface area contributed by atoms with Crippen LogP contribution in [0.25, 0.3) is 0 Å². The number of carbonyl (C=O) groups excluding carboxylic acids is 2. The van der Waals surface area contributed by atoms with Crippen LogP contribution in [0.2, 0.25) is 0 Å². The number of rotatable bonds is 5. The lowest BCUT2D eigenvalue weighted by Crippen LogP contribution is -2.35. The van der Waals surface area contributed by atoms with Crippen LogP contribution in [0.3, 0.4) is 0 Å². The van der Waals surface area contributed by atoms with Gasteiger partial charge >= 0.3 is 5.97 Å². The number of carbonyl (C=O) groups is 2. The van der Waals surface area contributed by atoms with Crippen molar-refractivity contribution in [2.45, 2.75) is 37.3 Å². The molecule has 2 aromatic rings. The zero-order valence-corrected chi connectivity index (χ0v) is 15.8. The summed E-state index contributed by atoms with van der Waals surface area (Å²) in [6, 6.07) is 12.7. The van der Waals surface area contributed by atoms with Crippen LogP contribution in [-0.4, -0.2) is 32.4 Å². The molecule has 1 aliphatic rings. The van der Waals surface area contributed by atoms with Crippen molar-refractivity contribution < 1.29 is 22.7 Å². The highest BCUT2D eigenvalue weighted by Crippen LogP contribution is 2.36. The molecule has 0 aromatic heterocycles. The third kappa shape index (κ3) is 3.52. The number of ether oxygens (including phenoxy) is 1. The zero-order valence-electron chi connectivity index (χ0n) is 15.0. The predicted octanol–water partition coefficient (Wildman–Crippen LogP) is 1.86. The highest BCUT2D eigenvalue weighted by Gasteiger charge is 2.36. The van der Waals surface area contributed by atoms with Crippen molar-refractivity contribution in [2.75, 3.05) is 4.31 Å². The van der Waals surface area contributed by atoms with E-state index in [0.29, 0.717) is 12.1 Å². The van der Waals surface area contributed by atoms with Crippen molar-refractivity contribution in [3.8, 4) is 0 Å². The molecule has 0 bridgehead atoms. The van der Waals surface area contributed by atoms with E-state index in [1.54, 1.807) is 12.1 Å². The minimum Gasteiger partial charge on any atom is -0.449 e. The average molecular weight is 388 g/mol. The molecule has 0 unspecified atom stereocenters. The molecule has 1 amide bonds. The molecule has 142 valence electrons. The van der Waals surface area contributed by atoms with Crippen molar-refractivity contribution in [1.82, 2.24) is 0 Å². The number of esters is 1. The number of nitrogens with two attached hydrogens (primary N) is 1. The van der Waals surface area contributed by atoms with Crippen LogP contribution >= 0.6 is 0 Å². The number of hydrogen-bond donors (Lipinski definition) is 1. The lowest BCUT2D eigenvalue weighted by Gasteiger charge is -2.24. The molecule has 0 aliphatic carbocycles. The van der Waals surface area contributed by atoms with Gasteiger partial charge in [-0.15, -0.1) is 0 Å². The third-order valence-electron chi connectivity index (χ3n) is 4.46. The number of fused-ring (bicyclic) bond motifs is 1. The number of hydrogen-bond acceptors (Lipinski definition) is 5. The number of nitrogens with zero attached hydrogens (tertiary/aromatic N) is 1. The number of benzene rings is 2. The molecule has 0 spiro atoms. The van der Waals surface area contributed by atoms with Gasteiger partial charge in [0.1, 0.15) is 0 Å². The molecule has 1 heterocycles. The second kappa shape index (κ2) is 7.03. The molecule has 2 atom stereocenters. The number of amides is 1. The number of anilines is 1. The van der Waals surface area contributed by atoms with Gasteiger partial charge in [0, 0.05) is 6.04 Å². The van der Waals surface area contributed by atoms with Crippen LogP contribution in [0, 0.1) is 0 Å².